The van der Waals surface area contributed by atoms with Crippen molar-refractivity contribution in [3.63, 3.8) is 0 Å². The molecule has 0 aliphatic carbocycles. The van der Waals surface area contributed by atoms with Gasteiger partial charge in [-0.3, -0.25) is 5.43 Å². The van der Waals surface area contributed by atoms with Crippen LogP contribution in [-0.2, 0) is 0 Å². The van der Waals surface area contributed by atoms with Crippen molar-refractivity contribution < 1.29 is 9.47 Å². The monoisotopic (exact) mass is 405 g/mol. The Morgan fingerprint density at radius 3 is 2.28 bits per heavy atom. The molecule has 1 aliphatic rings. The zero-order valence-corrected chi connectivity index (χ0v) is 17.1. The highest BCUT2D eigenvalue weighted by Gasteiger charge is 2.19. The summed E-state index contributed by atoms with van der Waals surface area (Å²) in [6.07, 6.45) is 0. The summed E-state index contributed by atoms with van der Waals surface area (Å²) in [6, 6.07) is 19.4. The Kier molecular flexibility index (Phi) is 5.23. The van der Waals surface area contributed by atoms with E-state index in [9.17, 15) is 0 Å². The largest absolute Gasteiger partial charge is 0.493 e. The Morgan fingerprint density at radius 1 is 0.828 bits per heavy atom. The van der Waals surface area contributed by atoms with Crippen LogP contribution in [0, 0.1) is 6.92 Å². The van der Waals surface area contributed by atoms with E-state index in [1.165, 1.54) is 5.56 Å². The third-order valence-corrected chi connectivity index (χ3v) is 4.94. The summed E-state index contributed by atoms with van der Waals surface area (Å²) in [5.41, 5.74) is 8.45. The van der Waals surface area contributed by atoms with Gasteiger partial charge in [0.25, 0.3) is 0 Å². The van der Waals surface area contributed by atoms with Crippen LogP contribution in [-0.4, -0.2) is 25.8 Å². The lowest BCUT2D eigenvalue weighted by atomic mass is 10.0. The first-order chi connectivity index (χ1) is 14.1. The second-order valence-electron chi connectivity index (χ2n) is 6.63. The van der Waals surface area contributed by atoms with Crippen molar-refractivity contribution in [1.82, 2.24) is 5.43 Å². The van der Waals surface area contributed by atoms with Gasteiger partial charge < -0.3 is 9.47 Å². The van der Waals surface area contributed by atoms with Crippen LogP contribution in [0.4, 0.5) is 5.69 Å². The van der Waals surface area contributed by atoms with Crippen LogP contribution in [0.15, 0.2) is 70.8 Å². The van der Waals surface area contributed by atoms with Crippen LogP contribution in [0.1, 0.15) is 22.3 Å². The number of nitrogens with one attached hydrogen (secondary N) is 1. The Hall–Kier alpha value is -3.31. The minimum Gasteiger partial charge on any atom is -0.493 e. The minimum absolute atomic E-state index is 0.617. The average Bonchev–Trinajstić information content (AvgIpc) is 2.93. The van der Waals surface area contributed by atoms with Gasteiger partial charge in [0.2, 0.25) is 0 Å². The van der Waals surface area contributed by atoms with Crippen molar-refractivity contribution in [2.24, 2.45) is 10.1 Å². The standard InChI is InChI=1S/C23H20ClN3O2/c1-14-4-6-15(7-5-14)23-25-19-10-9-17(24)13-18(19)22(26-27-23)16-8-11-20(28-2)21(12-16)29-3/h4-13H,1-3H3,(H,25,27). The van der Waals surface area contributed by atoms with E-state index in [-0.39, 0.29) is 0 Å². The van der Waals surface area contributed by atoms with Crippen molar-refractivity contribution in [3.8, 4) is 11.5 Å². The maximum Gasteiger partial charge on any atom is 0.161 e. The molecule has 0 fully saturated rings. The number of ether oxygens (including phenoxy) is 2. The van der Waals surface area contributed by atoms with Crippen molar-refractivity contribution >= 4 is 28.8 Å². The summed E-state index contributed by atoms with van der Waals surface area (Å²) in [5.74, 6) is 1.95. The van der Waals surface area contributed by atoms with E-state index in [4.69, 9.17) is 26.1 Å². The van der Waals surface area contributed by atoms with Crippen LogP contribution in [0.2, 0.25) is 5.02 Å². The van der Waals surface area contributed by atoms with Gasteiger partial charge in [0, 0.05) is 21.7 Å². The number of aryl methyl sites for hydroxylation is 1. The summed E-state index contributed by atoms with van der Waals surface area (Å²) < 4.78 is 10.8. The summed E-state index contributed by atoms with van der Waals surface area (Å²) >= 11 is 6.29. The van der Waals surface area contributed by atoms with E-state index in [0.29, 0.717) is 28.1 Å². The Bertz CT molecular complexity index is 1120. The fraction of sp³-hybridized carbons (Fsp3) is 0.130. The molecular weight excluding hydrogens is 386 g/mol. The summed E-state index contributed by atoms with van der Waals surface area (Å²) in [5, 5.41) is 5.28. The first-order valence-electron chi connectivity index (χ1n) is 9.11. The number of amidine groups is 1. The molecule has 4 rings (SSSR count). The van der Waals surface area contributed by atoms with E-state index in [1.54, 1.807) is 14.2 Å². The van der Waals surface area contributed by atoms with Crippen molar-refractivity contribution in [2.75, 3.05) is 14.2 Å². The molecule has 1 heterocycles. The van der Waals surface area contributed by atoms with E-state index < -0.39 is 0 Å². The predicted octanol–water partition coefficient (Wildman–Crippen LogP) is 5.10. The summed E-state index contributed by atoms with van der Waals surface area (Å²) in [6.45, 7) is 2.05. The van der Waals surface area contributed by atoms with Crippen LogP contribution in [0.5, 0.6) is 11.5 Å². The van der Waals surface area contributed by atoms with Gasteiger partial charge in [0.05, 0.1) is 19.9 Å². The molecule has 0 saturated carbocycles. The molecule has 146 valence electrons. The number of halogens is 1. The number of aliphatic imine (C=N–C) groups is 1. The van der Waals surface area contributed by atoms with E-state index in [0.717, 1.165) is 22.4 Å². The molecule has 0 saturated heterocycles. The average molecular weight is 406 g/mol. The zero-order valence-electron chi connectivity index (χ0n) is 16.4. The number of hydrazone groups is 1. The van der Waals surface area contributed by atoms with Crippen LogP contribution in [0.25, 0.3) is 0 Å². The van der Waals surface area contributed by atoms with Crippen molar-refractivity contribution in [3.05, 3.63) is 87.9 Å². The highest BCUT2D eigenvalue weighted by molar-refractivity contribution is 6.31. The normalized spacial score (nSPS) is 12.8. The summed E-state index contributed by atoms with van der Waals surface area (Å²) in [7, 11) is 3.22. The molecule has 0 radical (unpaired) electrons. The number of hydrogen-bond acceptors (Lipinski definition) is 5. The molecule has 1 aliphatic heterocycles. The van der Waals surface area contributed by atoms with Gasteiger partial charge in [0.15, 0.2) is 17.3 Å². The highest BCUT2D eigenvalue weighted by atomic mass is 35.5. The van der Waals surface area contributed by atoms with Gasteiger partial charge in [-0.1, -0.05) is 41.4 Å². The van der Waals surface area contributed by atoms with Gasteiger partial charge in [-0.25, -0.2) is 4.99 Å². The lowest BCUT2D eigenvalue weighted by Crippen LogP contribution is -2.19. The van der Waals surface area contributed by atoms with Crippen molar-refractivity contribution in [1.29, 1.82) is 0 Å². The maximum atomic E-state index is 6.29. The third-order valence-electron chi connectivity index (χ3n) is 4.70. The molecule has 3 aromatic carbocycles. The van der Waals surface area contributed by atoms with Gasteiger partial charge in [-0.2, -0.15) is 5.10 Å². The summed E-state index contributed by atoms with van der Waals surface area (Å²) in [4.78, 5) is 4.81. The molecule has 3 aromatic rings. The molecule has 0 amide bonds. The lowest BCUT2D eigenvalue weighted by molar-refractivity contribution is 0.355. The molecule has 6 heteroatoms. The first kappa shape index (κ1) is 19.0. The van der Waals surface area contributed by atoms with E-state index in [2.05, 4.69) is 17.5 Å². The maximum absolute atomic E-state index is 6.29. The number of nitrogens with zero attached hydrogens (tertiary/aromatic N) is 2. The van der Waals surface area contributed by atoms with Gasteiger partial charge in [0.1, 0.15) is 5.71 Å². The Labute approximate surface area is 174 Å². The lowest BCUT2D eigenvalue weighted by Gasteiger charge is -2.12. The SMILES string of the molecule is COc1ccc(C2=NNC(c3ccc(C)cc3)=Nc3ccc(Cl)cc32)cc1OC. The number of benzene rings is 3. The topological polar surface area (TPSA) is 55.2 Å². The van der Waals surface area contributed by atoms with E-state index >= 15 is 0 Å². The fourth-order valence-electron chi connectivity index (χ4n) is 3.15. The second kappa shape index (κ2) is 7.97. The minimum atomic E-state index is 0.617. The van der Waals surface area contributed by atoms with Gasteiger partial charge in [-0.05, 0) is 43.3 Å². The smallest absolute Gasteiger partial charge is 0.161 e. The zero-order chi connectivity index (χ0) is 20.4. The number of fused-ring (bicyclic) bond motifs is 1. The van der Waals surface area contributed by atoms with Crippen molar-refractivity contribution in [2.45, 2.75) is 6.92 Å². The Balaban J connectivity index is 1.85. The van der Waals surface area contributed by atoms with Crippen LogP contribution in [0.3, 0.4) is 0 Å². The van der Waals surface area contributed by atoms with Gasteiger partial charge >= 0.3 is 0 Å². The van der Waals surface area contributed by atoms with E-state index in [1.807, 2.05) is 60.7 Å². The second-order valence-corrected chi connectivity index (χ2v) is 7.07. The third kappa shape index (κ3) is 3.82. The quantitative estimate of drug-likeness (QED) is 0.657. The molecule has 0 bridgehead atoms. The number of rotatable bonds is 4. The molecular formula is C23H20ClN3O2. The molecule has 0 unspecified atom stereocenters. The molecule has 5 nitrogen and oxygen atoms in total. The highest BCUT2D eigenvalue weighted by Crippen LogP contribution is 2.32. The first-order valence-corrected chi connectivity index (χ1v) is 9.48. The molecule has 0 aromatic heterocycles. The molecule has 0 atom stereocenters. The molecule has 29 heavy (non-hydrogen) atoms. The van der Waals surface area contributed by atoms with Gasteiger partial charge in [-0.15, -0.1) is 0 Å². The van der Waals surface area contributed by atoms with Crippen LogP contribution < -0.4 is 14.9 Å². The fourth-order valence-corrected chi connectivity index (χ4v) is 3.33. The Morgan fingerprint density at radius 2 is 1.55 bits per heavy atom. The predicted molar refractivity (Wildman–Crippen MR) is 117 cm³/mol. The molecule has 1 N–H and O–H groups in total. The van der Waals surface area contributed by atoms with Crippen LogP contribution >= 0.6 is 11.6 Å². The number of hydrogen-bond donors (Lipinski definition) is 1. The number of methoxy groups -OCH3 is 2. The molecule has 0 spiro atoms.